The van der Waals surface area contributed by atoms with Crippen LogP contribution in [0.2, 0.25) is 0 Å². The fraction of sp³-hybridized carbons (Fsp3) is 0.417. The first-order valence-corrected chi connectivity index (χ1v) is 5.90. The fourth-order valence-corrected chi connectivity index (χ4v) is 2.09. The zero-order valence-corrected chi connectivity index (χ0v) is 10.1. The van der Waals surface area contributed by atoms with Crippen LogP contribution < -0.4 is 5.32 Å². The molecule has 1 aliphatic rings. The Kier molecular flexibility index (Phi) is 3.39. The van der Waals surface area contributed by atoms with E-state index in [1.165, 1.54) is 18.9 Å². The third-order valence-corrected chi connectivity index (χ3v) is 3.18. The van der Waals surface area contributed by atoms with Gasteiger partial charge in [-0.2, -0.15) is 0 Å². The summed E-state index contributed by atoms with van der Waals surface area (Å²) in [5.41, 5.74) is 1.37. The highest BCUT2D eigenvalue weighted by atomic mass is 32.1. The van der Waals surface area contributed by atoms with Gasteiger partial charge in [0.15, 0.2) is 5.11 Å². The minimum absolute atomic E-state index is 0.200. The number of aryl methyl sites for hydroxylation is 1. The zero-order chi connectivity index (χ0) is 11.5. The second kappa shape index (κ2) is 4.78. The van der Waals surface area contributed by atoms with Crippen molar-refractivity contribution in [3.8, 4) is 0 Å². The van der Waals surface area contributed by atoms with Gasteiger partial charge in [-0.3, -0.25) is 0 Å². The molecule has 0 aromatic heterocycles. The van der Waals surface area contributed by atoms with Gasteiger partial charge in [-0.25, -0.2) is 4.39 Å². The van der Waals surface area contributed by atoms with Crippen LogP contribution in [0.25, 0.3) is 0 Å². The molecule has 4 heteroatoms. The van der Waals surface area contributed by atoms with Crippen molar-refractivity contribution in [1.29, 1.82) is 0 Å². The first kappa shape index (κ1) is 11.3. The number of nitrogens with zero attached hydrogens (tertiary/aromatic N) is 1. The van der Waals surface area contributed by atoms with Crippen LogP contribution in [0.15, 0.2) is 18.2 Å². The predicted octanol–water partition coefficient (Wildman–Crippen LogP) is 2.93. The quantitative estimate of drug-likeness (QED) is 0.757. The van der Waals surface area contributed by atoms with E-state index >= 15 is 0 Å². The summed E-state index contributed by atoms with van der Waals surface area (Å²) in [6.07, 6.45) is 2.37. The third-order valence-electron chi connectivity index (χ3n) is 2.82. The van der Waals surface area contributed by atoms with Crippen LogP contribution >= 0.6 is 12.2 Å². The Morgan fingerprint density at radius 2 is 2.06 bits per heavy atom. The van der Waals surface area contributed by atoms with Crippen LogP contribution in [0.5, 0.6) is 0 Å². The highest BCUT2D eigenvalue weighted by Gasteiger charge is 2.14. The Labute approximate surface area is 100 Å². The minimum atomic E-state index is -0.200. The molecule has 1 aliphatic heterocycles. The lowest BCUT2D eigenvalue weighted by molar-refractivity contribution is 0.528. The first-order valence-electron chi connectivity index (χ1n) is 5.49. The van der Waals surface area contributed by atoms with Crippen LogP contribution in [0, 0.1) is 12.7 Å². The third kappa shape index (κ3) is 2.50. The van der Waals surface area contributed by atoms with Crippen molar-refractivity contribution >= 4 is 23.0 Å². The predicted molar refractivity (Wildman–Crippen MR) is 68.2 cm³/mol. The Bertz CT molecular complexity index is 400. The molecule has 1 N–H and O–H groups in total. The van der Waals surface area contributed by atoms with Gasteiger partial charge in [-0.05, 0) is 49.7 Å². The number of rotatable bonds is 1. The summed E-state index contributed by atoms with van der Waals surface area (Å²) in [6.45, 7) is 3.75. The molecule has 0 radical (unpaired) electrons. The number of thiocarbonyl (C=S) groups is 1. The molecule has 1 heterocycles. The standard InChI is InChI=1S/C12H15FN2S/c1-9-4-5-10(8-11(9)13)14-12(16)15-6-2-3-7-15/h4-5,8H,2-3,6-7H2,1H3,(H,14,16). The Morgan fingerprint density at radius 3 is 2.69 bits per heavy atom. The number of hydrogen-bond acceptors (Lipinski definition) is 1. The number of benzene rings is 1. The van der Waals surface area contributed by atoms with Gasteiger partial charge in [0, 0.05) is 18.8 Å². The van der Waals surface area contributed by atoms with E-state index in [0.29, 0.717) is 10.7 Å². The Morgan fingerprint density at radius 1 is 1.38 bits per heavy atom. The van der Waals surface area contributed by atoms with Gasteiger partial charge >= 0.3 is 0 Å². The molecule has 86 valence electrons. The number of hydrogen-bond donors (Lipinski definition) is 1. The first-order chi connectivity index (χ1) is 7.66. The molecule has 0 atom stereocenters. The van der Waals surface area contributed by atoms with Crippen LogP contribution in [-0.4, -0.2) is 23.1 Å². The summed E-state index contributed by atoms with van der Waals surface area (Å²) in [5, 5.41) is 3.76. The molecule has 0 unspecified atom stereocenters. The summed E-state index contributed by atoms with van der Waals surface area (Å²) >= 11 is 5.26. The maximum Gasteiger partial charge on any atom is 0.173 e. The summed E-state index contributed by atoms with van der Waals surface area (Å²) in [7, 11) is 0. The van der Waals surface area contributed by atoms with E-state index in [9.17, 15) is 4.39 Å². The number of nitrogens with one attached hydrogen (secondary N) is 1. The lowest BCUT2D eigenvalue weighted by Gasteiger charge is -2.19. The number of likely N-dealkylation sites (tertiary alicyclic amines) is 1. The molecule has 1 aromatic carbocycles. The molecular weight excluding hydrogens is 223 g/mol. The highest BCUT2D eigenvalue weighted by molar-refractivity contribution is 7.80. The van der Waals surface area contributed by atoms with E-state index in [4.69, 9.17) is 12.2 Å². The van der Waals surface area contributed by atoms with E-state index in [0.717, 1.165) is 18.8 Å². The van der Waals surface area contributed by atoms with E-state index in [-0.39, 0.29) is 5.82 Å². The number of anilines is 1. The second-order valence-electron chi connectivity index (χ2n) is 4.09. The topological polar surface area (TPSA) is 15.3 Å². The zero-order valence-electron chi connectivity index (χ0n) is 9.29. The molecule has 2 nitrogen and oxygen atoms in total. The van der Waals surface area contributed by atoms with Gasteiger partial charge in [0.1, 0.15) is 5.82 Å². The molecule has 0 amide bonds. The monoisotopic (exact) mass is 238 g/mol. The summed E-state index contributed by atoms with van der Waals surface area (Å²) in [5.74, 6) is -0.200. The summed E-state index contributed by atoms with van der Waals surface area (Å²) in [6, 6.07) is 5.09. The van der Waals surface area contributed by atoms with Crippen molar-refractivity contribution in [3.05, 3.63) is 29.6 Å². The van der Waals surface area contributed by atoms with Crippen LogP contribution in [-0.2, 0) is 0 Å². The van der Waals surface area contributed by atoms with Crippen molar-refractivity contribution in [2.75, 3.05) is 18.4 Å². The molecule has 1 aromatic rings. The van der Waals surface area contributed by atoms with Crippen molar-refractivity contribution in [2.45, 2.75) is 19.8 Å². The maximum absolute atomic E-state index is 13.3. The molecule has 0 saturated carbocycles. The van der Waals surface area contributed by atoms with Crippen LogP contribution in [0.3, 0.4) is 0 Å². The van der Waals surface area contributed by atoms with E-state index < -0.39 is 0 Å². The van der Waals surface area contributed by atoms with Gasteiger partial charge < -0.3 is 10.2 Å². The van der Waals surface area contributed by atoms with E-state index in [2.05, 4.69) is 10.2 Å². The van der Waals surface area contributed by atoms with Gasteiger partial charge in [-0.15, -0.1) is 0 Å². The van der Waals surface area contributed by atoms with Gasteiger partial charge in [0.05, 0.1) is 0 Å². The second-order valence-corrected chi connectivity index (χ2v) is 4.47. The van der Waals surface area contributed by atoms with E-state index in [1.807, 2.05) is 6.07 Å². The average Bonchev–Trinajstić information content (AvgIpc) is 2.77. The van der Waals surface area contributed by atoms with Gasteiger partial charge in [-0.1, -0.05) is 6.07 Å². The summed E-state index contributed by atoms with van der Waals surface area (Å²) in [4.78, 5) is 2.12. The highest BCUT2D eigenvalue weighted by Crippen LogP contribution is 2.15. The molecule has 2 rings (SSSR count). The Hall–Kier alpha value is -1.16. The SMILES string of the molecule is Cc1ccc(NC(=S)N2CCCC2)cc1F. The van der Waals surface area contributed by atoms with Gasteiger partial charge in [0.2, 0.25) is 0 Å². The van der Waals surface area contributed by atoms with Crippen molar-refractivity contribution in [1.82, 2.24) is 4.90 Å². The minimum Gasteiger partial charge on any atom is -0.349 e. The number of halogens is 1. The molecule has 16 heavy (non-hydrogen) atoms. The van der Waals surface area contributed by atoms with Gasteiger partial charge in [0.25, 0.3) is 0 Å². The average molecular weight is 238 g/mol. The van der Waals surface area contributed by atoms with Crippen molar-refractivity contribution in [3.63, 3.8) is 0 Å². The largest absolute Gasteiger partial charge is 0.349 e. The van der Waals surface area contributed by atoms with Crippen LogP contribution in [0.4, 0.5) is 10.1 Å². The normalized spacial score (nSPS) is 15.2. The lowest BCUT2D eigenvalue weighted by atomic mass is 10.2. The molecule has 0 aliphatic carbocycles. The van der Waals surface area contributed by atoms with E-state index in [1.54, 1.807) is 13.0 Å². The maximum atomic E-state index is 13.3. The molecule has 1 saturated heterocycles. The molecule has 0 spiro atoms. The summed E-state index contributed by atoms with van der Waals surface area (Å²) < 4.78 is 13.3. The molecule has 1 fully saturated rings. The Balaban J connectivity index is 2.02. The molecule has 0 bridgehead atoms. The van der Waals surface area contributed by atoms with Crippen molar-refractivity contribution in [2.24, 2.45) is 0 Å². The fourth-order valence-electron chi connectivity index (χ4n) is 1.79. The van der Waals surface area contributed by atoms with Crippen molar-refractivity contribution < 1.29 is 4.39 Å². The molecular formula is C12H15FN2S. The van der Waals surface area contributed by atoms with Crippen LogP contribution in [0.1, 0.15) is 18.4 Å². The smallest absolute Gasteiger partial charge is 0.173 e. The lowest BCUT2D eigenvalue weighted by Crippen LogP contribution is -2.31.